The molecule has 1 amide bonds. The molecule has 2 N–H and O–H groups in total. The Labute approximate surface area is 122 Å². The van der Waals surface area contributed by atoms with E-state index in [1.165, 1.54) is 24.4 Å². The highest BCUT2D eigenvalue weighted by Gasteiger charge is 1.96. The van der Waals surface area contributed by atoms with Gasteiger partial charge >= 0.3 is 0 Å². The number of benzene rings is 2. The monoisotopic (exact) mass is 281 g/mol. The molecule has 0 heterocycles. The average molecular weight is 281 g/mol. The number of hydrogen-bond acceptors (Lipinski definition) is 4. The smallest absolute Gasteiger partial charge is 0.249 e. The molecule has 0 saturated heterocycles. The number of nitrogens with zero attached hydrogens (tertiary/aromatic N) is 2. The summed E-state index contributed by atoms with van der Waals surface area (Å²) in [5.74, 6) is -0.106. The molecule has 2 aromatic rings. The molecule has 0 spiro atoms. The zero-order chi connectivity index (χ0) is 15.1. The van der Waals surface area contributed by atoms with Crippen molar-refractivity contribution in [3.05, 3.63) is 66.4 Å². The fourth-order valence-corrected chi connectivity index (χ4v) is 1.54. The minimum absolute atomic E-state index is 0.168. The number of azo groups is 1. The van der Waals surface area contributed by atoms with E-state index in [9.17, 15) is 4.79 Å². The third-order valence-corrected chi connectivity index (χ3v) is 2.63. The second-order valence-corrected chi connectivity index (χ2v) is 4.40. The van der Waals surface area contributed by atoms with E-state index in [-0.39, 0.29) is 11.7 Å². The topological polar surface area (TPSA) is 74.0 Å². The number of nitrogens with one attached hydrogen (secondary N) is 1. The Bertz CT molecular complexity index is 659. The van der Waals surface area contributed by atoms with Crippen LogP contribution >= 0.6 is 0 Å². The van der Waals surface area contributed by atoms with Gasteiger partial charge in [-0.1, -0.05) is 17.7 Å². The minimum atomic E-state index is -0.275. The summed E-state index contributed by atoms with van der Waals surface area (Å²) < 4.78 is 0. The summed E-state index contributed by atoms with van der Waals surface area (Å²) in [4.78, 5) is 11.6. The fourth-order valence-electron chi connectivity index (χ4n) is 1.54. The molecule has 0 aliphatic carbocycles. The first-order chi connectivity index (χ1) is 10.1. The van der Waals surface area contributed by atoms with Crippen LogP contribution in [0.5, 0.6) is 5.75 Å². The molecular weight excluding hydrogens is 266 g/mol. The number of carbonyl (C=O) groups excluding carboxylic acids is 1. The van der Waals surface area contributed by atoms with Gasteiger partial charge in [0, 0.05) is 11.8 Å². The third kappa shape index (κ3) is 4.91. The Hall–Kier alpha value is -2.95. The number of aryl methyl sites for hydroxylation is 1. The summed E-state index contributed by atoms with van der Waals surface area (Å²) >= 11 is 0. The van der Waals surface area contributed by atoms with Crippen LogP contribution in [-0.2, 0) is 4.79 Å². The van der Waals surface area contributed by atoms with Gasteiger partial charge in [0.25, 0.3) is 0 Å². The second kappa shape index (κ2) is 7.00. The quantitative estimate of drug-likeness (QED) is 0.658. The lowest BCUT2D eigenvalue weighted by molar-refractivity contribution is -0.111. The van der Waals surface area contributed by atoms with Gasteiger partial charge in [-0.05, 0) is 43.3 Å². The molecule has 0 aliphatic rings. The summed E-state index contributed by atoms with van der Waals surface area (Å²) in [7, 11) is 0. The van der Waals surface area contributed by atoms with Gasteiger partial charge in [-0.25, -0.2) is 0 Å². The molecule has 0 radical (unpaired) electrons. The van der Waals surface area contributed by atoms with Crippen molar-refractivity contribution in [3.63, 3.8) is 0 Å². The molecule has 5 heteroatoms. The van der Waals surface area contributed by atoms with Gasteiger partial charge in [-0.15, -0.1) is 0 Å². The maximum atomic E-state index is 11.6. The molecule has 21 heavy (non-hydrogen) atoms. The van der Waals surface area contributed by atoms with Crippen LogP contribution in [-0.4, -0.2) is 11.0 Å². The van der Waals surface area contributed by atoms with Gasteiger partial charge in [0.1, 0.15) is 5.75 Å². The van der Waals surface area contributed by atoms with Crippen molar-refractivity contribution in [1.29, 1.82) is 0 Å². The van der Waals surface area contributed by atoms with Crippen molar-refractivity contribution in [1.82, 2.24) is 0 Å². The van der Waals surface area contributed by atoms with Crippen molar-refractivity contribution in [2.75, 3.05) is 5.32 Å². The summed E-state index contributed by atoms with van der Waals surface area (Å²) in [5, 5.41) is 19.5. The molecule has 0 bridgehead atoms. The van der Waals surface area contributed by atoms with E-state index in [4.69, 9.17) is 5.11 Å². The molecule has 0 saturated carbocycles. The van der Waals surface area contributed by atoms with Crippen LogP contribution in [0.1, 0.15) is 5.56 Å². The summed E-state index contributed by atoms with van der Waals surface area (Å²) in [6.45, 7) is 1.98. The molecule has 0 atom stereocenters. The number of aromatic hydroxyl groups is 1. The van der Waals surface area contributed by atoms with Crippen LogP contribution in [0.15, 0.2) is 71.0 Å². The highest BCUT2D eigenvalue weighted by atomic mass is 16.3. The largest absolute Gasteiger partial charge is 0.508 e. The number of hydrogen-bond donors (Lipinski definition) is 2. The highest BCUT2D eigenvalue weighted by molar-refractivity contribution is 5.99. The van der Waals surface area contributed by atoms with E-state index in [0.717, 1.165) is 11.3 Å². The SMILES string of the molecule is Cc1ccc(NC(=O)/C=C/N=Nc2ccc(O)cc2)cc1. The van der Waals surface area contributed by atoms with Crippen LogP contribution in [0.4, 0.5) is 11.4 Å². The first kappa shape index (κ1) is 14.5. The van der Waals surface area contributed by atoms with Crippen molar-refractivity contribution >= 4 is 17.3 Å². The molecule has 2 aromatic carbocycles. The normalized spacial score (nSPS) is 11.1. The molecule has 106 valence electrons. The number of anilines is 1. The Morgan fingerprint density at radius 1 is 1.10 bits per heavy atom. The van der Waals surface area contributed by atoms with Gasteiger partial charge in [0.15, 0.2) is 0 Å². The van der Waals surface area contributed by atoms with E-state index in [0.29, 0.717) is 5.69 Å². The second-order valence-electron chi connectivity index (χ2n) is 4.40. The van der Waals surface area contributed by atoms with Crippen molar-refractivity contribution < 1.29 is 9.90 Å². The standard InChI is InChI=1S/C16H15N3O2/c1-12-2-4-13(5-3-12)18-16(21)10-11-17-19-14-6-8-15(20)9-7-14/h2-11,20H,1H3,(H,18,21)/b11-10+,19-17?. The first-order valence-corrected chi connectivity index (χ1v) is 6.37. The molecule has 0 unspecified atom stereocenters. The fraction of sp³-hybridized carbons (Fsp3) is 0.0625. The van der Waals surface area contributed by atoms with Crippen molar-refractivity contribution in [2.45, 2.75) is 6.92 Å². The predicted molar refractivity (Wildman–Crippen MR) is 81.6 cm³/mol. The van der Waals surface area contributed by atoms with Crippen LogP contribution < -0.4 is 5.32 Å². The van der Waals surface area contributed by atoms with Crippen LogP contribution in [0.25, 0.3) is 0 Å². The van der Waals surface area contributed by atoms with Crippen LogP contribution in [0.3, 0.4) is 0 Å². The molecular formula is C16H15N3O2. The molecule has 2 rings (SSSR count). The van der Waals surface area contributed by atoms with Gasteiger partial charge in [0.2, 0.25) is 5.91 Å². The Kier molecular flexibility index (Phi) is 4.82. The molecule has 0 aliphatic heterocycles. The van der Waals surface area contributed by atoms with E-state index in [2.05, 4.69) is 15.5 Å². The lowest BCUT2D eigenvalue weighted by atomic mass is 10.2. The zero-order valence-electron chi connectivity index (χ0n) is 11.5. The van der Waals surface area contributed by atoms with E-state index >= 15 is 0 Å². The lowest BCUT2D eigenvalue weighted by Crippen LogP contribution is -2.07. The number of amides is 1. The highest BCUT2D eigenvalue weighted by Crippen LogP contribution is 2.16. The van der Waals surface area contributed by atoms with Gasteiger partial charge in [-0.3, -0.25) is 4.79 Å². The Morgan fingerprint density at radius 3 is 2.43 bits per heavy atom. The van der Waals surface area contributed by atoms with Crippen molar-refractivity contribution in [2.24, 2.45) is 10.2 Å². The Morgan fingerprint density at radius 2 is 1.76 bits per heavy atom. The van der Waals surface area contributed by atoms with Crippen LogP contribution in [0, 0.1) is 6.92 Å². The lowest BCUT2D eigenvalue weighted by Gasteiger charge is -2.01. The van der Waals surface area contributed by atoms with E-state index < -0.39 is 0 Å². The number of phenols is 1. The van der Waals surface area contributed by atoms with E-state index in [1.807, 2.05) is 31.2 Å². The maximum absolute atomic E-state index is 11.6. The summed E-state index contributed by atoms with van der Waals surface area (Å²) in [6.07, 6.45) is 2.61. The number of phenolic OH excluding ortho intramolecular Hbond substituents is 1. The van der Waals surface area contributed by atoms with Gasteiger partial charge in [-0.2, -0.15) is 10.2 Å². The summed E-state index contributed by atoms with van der Waals surface area (Å²) in [5.41, 5.74) is 2.45. The van der Waals surface area contributed by atoms with Crippen LogP contribution in [0.2, 0.25) is 0 Å². The maximum Gasteiger partial charge on any atom is 0.249 e. The average Bonchev–Trinajstić information content (AvgIpc) is 2.48. The number of rotatable bonds is 4. The third-order valence-electron chi connectivity index (χ3n) is 2.63. The molecule has 5 nitrogen and oxygen atoms in total. The number of carbonyl (C=O) groups is 1. The van der Waals surface area contributed by atoms with Gasteiger partial charge in [0.05, 0.1) is 11.9 Å². The van der Waals surface area contributed by atoms with E-state index in [1.54, 1.807) is 12.1 Å². The molecule has 0 aromatic heterocycles. The zero-order valence-corrected chi connectivity index (χ0v) is 11.5. The van der Waals surface area contributed by atoms with Crippen molar-refractivity contribution in [3.8, 4) is 5.75 Å². The minimum Gasteiger partial charge on any atom is -0.508 e. The molecule has 0 fully saturated rings. The van der Waals surface area contributed by atoms with Gasteiger partial charge < -0.3 is 10.4 Å². The summed E-state index contributed by atoms with van der Waals surface area (Å²) in [6, 6.07) is 13.8. The predicted octanol–water partition coefficient (Wildman–Crippen LogP) is 3.94. The first-order valence-electron chi connectivity index (χ1n) is 6.37. The Balaban J connectivity index is 1.87.